The number of nitrogens with one attached hydrogen (secondary N) is 1. The molecule has 0 aliphatic carbocycles. The second-order valence-electron chi connectivity index (χ2n) is 2.75. The number of rotatable bonds is 2. The van der Waals surface area contributed by atoms with Gasteiger partial charge in [0.2, 0.25) is 5.91 Å². The molecule has 3 N–H and O–H groups in total. The summed E-state index contributed by atoms with van der Waals surface area (Å²) < 4.78 is 1.64. The number of nitrogens with two attached hydrogens (primary N) is 1. The van der Waals surface area contributed by atoms with Gasteiger partial charge >= 0.3 is 0 Å². The number of anilines is 2. The molecule has 0 aliphatic rings. The molecule has 0 unspecified atom stereocenters. The molecule has 1 amide bonds. The number of hydrogen-bond acceptors (Lipinski definition) is 2. The van der Waals surface area contributed by atoms with Crippen LogP contribution in [0.15, 0.2) is 21.1 Å². The Kier molecular flexibility index (Phi) is 3.95. The molecule has 3 nitrogen and oxygen atoms in total. The van der Waals surface area contributed by atoms with Crippen LogP contribution in [0.1, 0.15) is 13.3 Å². The summed E-state index contributed by atoms with van der Waals surface area (Å²) in [6.07, 6.45) is 0.432. The Morgan fingerprint density at radius 2 is 2.14 bits per heavy atom. The molecule has 76 valence electrons. The van der Waals surface area contributed by atoms with E-state index in [4.69, 9.17) is 5.73 Å². The first-order chi connectivity index (χ1) is 6.54. The van der Waals surface area contributed by atoms with Gasteiger partial charge in [-0.2, -0.15) is 0 Å². The average molecular weight is 322 g/mol. The van der Waals surface area contributed by atoms with Crippen LogP contribution in [-0.4, -0.2) is 5.91 Å². The lowest BCUT2D eigenvalue weighted by molar-refractivity contribution is -0.115. The Balaban J connectivity index is 3.02. The topological polar surface area (TPSA) is 55.1 Å². The first kappa shape index (κ1) is 11.5. The predicted molar refractivity (Wildman–Crippen MR) is 65.2 cm³/mol. The van der Waals surface area contributed by atoms with Gasteiger partial charge in [0.25, 0.3) is 0 Å². The van der Waals surface area contributed by atoms with Gasteiger partial charge in [0.05, 0.1) is 11.4 Å². The zero-order chi connectivity index (χ0) is 10.7. The van der Waals surface area contributed by atoms with Gasteiger partial charge < -0.3 is 11.1 Å². The van der Waals surface area contributed by atoms with E-state index < -0.39 is 0 Å². The largest absolute Gasteiger partial charge is 0.397 e. The minimum absolute atomic E-state index is 0.0558. The zero-order valence-electron chi connectivity index (χ0n) is 7.60. The number of halogens is 2. The fourth-order valence-corrected chi connectivity index (χ4v) is 2.31. The molecular weight excluding hydrogens is 312 g/mol. The van der Waals surface area contributed by atoms with Gasteiger partial charge in [-0.3, -0.25) is 4.79 Å². The van der Waals surface area contributed by atoms with Crippen LogP contribution in [-0.2, 0) is 4.79 Å². The Morgan fingerprint density at radius 1 is 1.50 bits per heavy atom. The molecule has 0 bridgehead atoms. The van der Waals surface area contributed by atoms with Crippen molar-refractivity contribution in [3.8, 4) is 0 Å². The summed E-state index contributed by atoms with van der Waals surface area (Å²) >= 11 is 6.64. The van der Waals surface area contributed by atoms with Crippen molar-refractivity contribution in [2.24, 2.45) is 0 Å². The van der Waals surface area contributed by atoms with Crippen molar-refractivity contribution >= 4 is 49.1 Å². The summed E-state index contributed by atoms with van der Waals surface area (Å²) in [6, 6.07) is 3.58. The van der Waals surface area contributed by atoms with Gasteiger partial charge in [-0.05, 0) is 28.1 Å². The third-order valence-electron chi connectivity index (χ3n) is 1.67. The van der Waals surface area contributed by atoms with E-state index in [0.29, 0.717) is 17.8 Å². The molecular formula is C9H10Br2N2O. The fourth-order valence-electron chi connectivity index (χ4n) is 0.953. The maximum atomic E-state index is 11.2. The first-order valence-corrected chi connectivity index (χ1v) is 5.67. The highest BCUT2D eigenvalue weighted by Crippen LogP contribution is 2.32. The van der Waals surface area contributed by atoms with Crippen molar-refractivity contribution in [2.45, 2.75) is 13.3 Å². The second-order valence-corrected chi connectivity index (χ2v) is 4.52. The van der Waals surface area contributed by atoms with Crippen molar-refractivity contribution < 1.29 is 4.79 Å². The summed E-state index contributed by atoms with van der Waals surface area (Å²) in [7, 11) is 0. The van der Waals surface area contributed by atoms with E-state index in [1.807, 2.05) is 6.07 Å². The molecule has 14 heavy (non-hydrogen) atoms. The molecule has 0 saturated carbocycles. The Morgan fingerprint density at radius 3 is 2.64 bits per heavy atom. The van der Waals surface area contributed by atoms with Crippen molar-refractivity contribution in [3.63, 3.8) is 0 Å². The molecule has 0 atom stereocenters. The summed E-state index contributed by atoms with van der Waals surface area (Å²) in [6.45, 7) is 1.79. The average Bonchev–Trinajstić information content (AvgIpc) is 2.10. The third kappa shape index (κ3) is 2.72. The van der Waals surface area contributed by atoms with E-state index in [1.54, 1.807) is 13.0 Å². The van der Waals surface area contributed by atoms with Crippen LogP contribution < -0.4 is 11.1 Å². The van der Waals surface area contributed by atoms with Gasteiger partial charge in [0, 0.05) is 15.4 Å². The predicted octanol–water partition coefficient (Wildman–Crippen LogP) is 3.14. The van der Waals surface area contributed by atoms with Crippen molar-refractivity contribution in [1.82, 2.24) is 0 Å². The first-order valence-electron chi connectivity index (χ1n) is 4.09. The Bertz CT molecular complexity index is 343. The maximum Gasteiger partial charge on any atom is 0.224 e. The van der Waals surface area contributed by atoms with Gasteiger partial charge in [0.15, 0.2) is 0 Å². The van der Waals surface area contributed by atoms with Crippen molar-refractivity contribution in [1.29, 1.82) is 0 Å². The van der Waals surface area contributed by atoms with Crippen LogP contribution in [0.2, 0.25) is 0 Å². The number of benzene rings is 1. The van der Waals surface area contributed by atoms with Crippen LogP contribution >= 0.6 is 31.9 Å². The molecule has 5 heteroatoms. The lowest BCUT2D eigenvalue weighted by atomic mass is 10.2. The standard InChI is InChI=1S/C9H10Br2N2O/c1-2-8(14)13-9-6(11)3-5(10)4-7(9)12/h3-4H,2,12H2,1H3,(H,13,14). The van der Waals surface area contributed by atoms with E-state index in [9.17, 15) is 4.79 Å². The van der Waals surface area contributed by atoms with E-state index >= 15 is 0 Å². The molecule has 0 spiro atoms. The number of carbonyl (C=O) groups excluding carboxylic acids is 1. The van der Waals surface area contributed by atoms with E-state index in [0.717, 1.165) is 8.95 Å². The highest BCUT2D eigenvalue weighted by Gasteiger charge is 2.08. The summed E-state index contributed by atoms with van der Waals surface area (Å²) in [5, 5.41) is 2.72. The quantitative estimate of drug-likeness (QED) is 0.822. The molecule has 0 radical (unpaired) electrons. The lowest BCUT2D eigenvalue weighted by Gasteiger charge is -2.09. The maximum absolute atomic E-state index is 11.2. The van der Waals surface area contributed by atoms with Gasteiger partial charge in [-0.15, -0.1) is 0 Å². The van der Waals surface area contributed by atoms with Crippen LogP contribution in [0.4, 0.5) is 11.4 Å². The normalized spacial score (nSPS) is 9.93. The second kappa shape index (κ2) is 4.79. The van der Waals surface area contributed by atoms with E-state index in [1.165, 1.54) is 0 Å². The SMILES string of the molecule is CCC(=O)Nc1c(N)cc(Br)cc1Br. The molecule has 0 saturated heterocycles. The molecule has 0 heterocycles. The molecule has 0 fully saturated rings. The van der Waals surface area contributed by atoms with Crippen LogP contribution in [0.3, 0.4) is 0 Å². The molecule has 1 aromatic carbocycles. The zero-order valence-corrected chi connectivity index (χ0v) is 10.8. The van der Waals surface area contributed by atoms with Gasteiger partial charge in [-0.25, -0.2) is 0 Å². The van der Waals surface area contributed by atoms with Gasteiger partial charge in [-0.1, -0.05) is 22.9 Å². The van der Waals surface area contributed by atoms with Crippen LogP contribution in [0, 0.1) is 0 Å². The Hall–Kier alpha value is -0.550. The van der Waals surface area contributed by atoms with E-state index in [2.05, 4.69) is 37.2 Å². The molecule has 0 aromatic heterocycles. The summed E-state index contributed by atoms with van der Waals surface area (Å²) in [5.41, 5.74) is 6.91. The monoisotopic (exact) mass is 320 g/mol. The summed E-state index contributed by atoms with van der Waals surface area (Å²) in [5.74, 6) is -0.0558. The fraction of sp³-hybridized carbons (Fsp3) is 0.222. The van der Waals surface area contributed by atoms with Gasteiger partial charge in [0.1, 0.15) is 0 Å². The lowest BCUT2D eigenvalue weighted by Crippen LogP contribution is -2.11. The van der Waals surface area contributed by atoms with Crippen LogP contribution in [0.5, 0.6) is 0 Å². The smallest absolute Gasteiger partial charge is 0.224 e. The number of hydrogen-bond donors (Lipinski definition) is 2. The van der Waals surface area contributed by atoms with Crippen molar-refractivity contribution in [2.75, 3.05) is 11.1 Å². The third-order valence-corrected chi connectivity index (χ3v) is 2.75. The van der Waals surface area contributed by atoms with Crippen molar-refractivity contribution in [3.05, 3.63) is 21.1 Å². The number of amides is 1. The highest BCUT2D eigenvalue weighted by atomic mass is 79.9. The summed E-state index contributed by atoms with van der Waals surface area (Å²) in [4.78, 5) is 11.2. The van der Waals surface area contributed by atoms with Crippen LogP contribution in [0.25, 0.3) is 0 Å². The Labute approximate surface area is 99.3 Å². The molecule has 0 aliphatic heterocycles. The minimum Gasteiger partial charge on any atom is -0.397 e. The molecule has 1 rings (SSSR count). The molecule has 1 aromatic rings. The highest BCUT2D eigenvalue weighted by molar-refractivity contribution is 9.11. The van der Waals surface area contributed by atoms with E-state index in [-0.39, 0.29) is 5.91 Å². The number of nitrogen functional groups attached to an aromatic ring is 1. The minimum atomic E-state index is -0.0558. The number of carbonyl (C=O) groups is 1.